The van der Waals surface area contributed by atoms with Crippen LogP contribution in [0, 0.1) is 5.92 Å². The molecule has 0 aliphatic carbocycles. The lowest BCUT2D eigenvalue weighted by Gasteiger charge is -2.32. The Labute approximate surface area is 164 Å². The second-order valence-corrected chi connectivity index (χ2v) is 8.36. The van der Waals surface area contributed by atoms with Gasteiger partial charge in [0.1, 0.15) is 5.69 Å². The van der Waals surface area contributed by atoms with E-state index in [9.17, 15) is 9.59 Å². The zero-order chi connectivity index (χ0) is 19.4. The maximum atomic E-state index is 12.8. The first-order chi connectivity index (χ1) is 13.0. The van der Waals surface area contributed by atoms with Crippen LogP contribution in [0.15, 0.2) is 23.7 Å². The summed E-state index contributed by atoms with van der Waals surface area (Å²) in [5.74, 6) is 0.478. The Morgan fingerprint density at radius 3 is 2.93 bits per heavy atom. The quantitative estimate of drug-likeness (QED) is 0.827. The highest BCUT2D eigenvalue weighted by Gasteiger charge is 2.28. The Bertz CT molecular complexity index is 796. The number of carbonyl (C=O) groups is 2. The van der Waals surface area contributed by atoms with Crippen molar-refractivity contribution in [2.24, 2.45) is 13.0 Å². The molecular weight excluding hydrogens is 360 g/mol. The number of likely N-dealkylation sites (tertiary alicyclic amines) is 1. The third kappa shape index (κ3) is 4.77. The summed E-state index contributed by atoms with van der Waals surface area (Å²) in [6.45, 7) is 5.92. The highest BCUT2D eigenvalue weighted by atomic mass is 32.1. The third-order valence-electron chi connectivity index (χ3n) is 4.99. The zero-order valence-electron chi connectivity index (χ0n) is 16.3. The molecule has 1 aliphatic heterocycles. The lowest BCUT2D eigenvalue weighted by molar-refractivity contribution is -0.123. The Morgan fingerprint density at radius 2 is 2.22 bits per heavy atom. The summed E-state index contributed by atoms with van der Waals surface area (Å²) in [7, 11) is 1.90. The van der Waals surface area contributed by atoms with Gasteiger partial charge in [-0.1, -0.05) is 13.8 Å². The van der Waals surface area contributed by atoms with Gasteiger partial charge in [0.2, 0.25) is 5.91 Å². The fourth-order valence-electron chi connectivity index (χ4n) is 3.35. The first-order valence-electron chi connectivity index (χ1n) is 9.58. The van der Waals surface area contributed by atoms with Crippen LogP contribution in [0.4, 0.5) is 0 Å². The molecule has 2 aromatic heterocycles. The summed E-state index contributed by atoms with van der Waals surface area (Å²) in [5, 5.41) is 6.11. The van der Waals surface area contributed by atoms with Crippen LogP contribution >= 0.6 is 11.3 Å². The smallest absolute Gasteiger partial charge is 0.270 e. The molecule has 1 saturated heterocycles. The number of hydrogen-bond acceptors (Lipinski definition) is 4. The van der Waals surface area contributed by atoms with E-state index in [0.717, 1.165) is 48.7 Å². The van der Waals surface area contributed by atoms with Gasteiger partial charge in [-0.2, -0.15) is 0 Å². The molecule has 3 heterocycles. The summed E-state index contributed by atoms with van der Waals surface area (Å²) in [6.07, 6.45) is 4.71. The van der Waals surface area contributed by atoms with E-state index < -0.39 is 0 Å². The minimum Gasteiger partial charge on any atom is -0.355 e. The van der Waals surface area contributed by atoms with Gasteiger partial charge in [-0.15, -0.1) is 11.3 Å². The van der Waals surface area contributed by atoms with Gasteiger partial charge in [-0.25, -0.2) is 4.98 Å². The van der Waals surface area contributed by atoms with Gasteiger partial charge in [0, 0.05) is 56.5 Å². The van der Waals surface area contributed by atoms with Crippen LogP contribution < -0.4 is 5.32 Å². The van der Waals surface area contributed by atoms with Gasteiger partial charge < -0.3 is 14.8 Å². The van der Waals surface area contributed by atoms with Crippen molar-refractivity contribution in [2.45, 2.75) is 39.0 Å². The molecule has 1 atom stereocenters. The highest BCUT2D eigenvalue weighted by molar-refractivity contribution is 7.09. The van der Waals surface area contributed by atoms with Crippen molar-refractivity contribution in [1.82, 2.24) is 19.8 Å². The van der Waals surface area contributed by atoms with E-state index in [2.05, 4.69) is 10.7 Å². The van der Waals surface area contributed by atoms with Gasteiger partial charge in [-0.05, 0) is 25.0 Å². The van der Waals surface area contributed by atoms with Crippen LogP contribution in [0.1, 0.15) is 53.8 Å². The molecular formula is C20H28N4O2S. The molecule has 2 amide bonds. The molecule has 6 nitrogen and oxygen atoms in total. The van der Waals surface area contributed by atoms with E-state index in [1.165, 1.54) is 0 Å². The van der Waals surface area contributed by atoms with E-state index in [0.29, 0.717) is 12.5 Å². The molecule has 1 unspecified atom stereocenters. The third-order valence-corrected chi connectivity index (χ3v) is 6.05. The summed E-state index contributed by atoms with van der Waals surface area (Å²) in [6, 6.07) is 3.78. The minimum absolute atomic E-state index is 0.00554. The molecule has 146 valence electrons. The maximum Gasteiger partial charge on any atom is 0.270 e. The topological polar surface area (TPSA) is 67.2 Å². The lowest BCUT2D eigenvalue weighted by atomic mass is 9.98. The molecule has 3 rings (SSSR count). The van der Waals surface area contributed by atoms with Crippen LogP contribution in [0.25, 0.3) is 0 Å². The predicted molar refractivity (Wildman–Crippen MR) is 107 cm³/mol. The number of thiazole rings is 1. The number of carbonyl (C=O) groups excluding carboxylic acids is 2. The number of hydrogen-bond donors (Lipinski definition) is 1. The minimum atomic E-state index is 0.00554. The van der Waals surface area contributed by atoms with Crippen molar-refractivity contribution < 1.29 is 9.59 Å². The number of amides is 2. The van der Waals surface area contributed by atoms with E-state index in [1.54, 1.807) is 11.3 Å². The monoisotopic (exact) mass is 388 g/mol. The molecule has 1 fully saturated rings. The van der Waals surface area contributed by atoms with Gasteiger partial charge in [0.15, 0.2) is 0 Å². The van der Waals surface area contributed by atoms with Crippen LogP contribution in [-0.2, 0) is 18.3 Å². The lowest BCUT2D eigenvalue weighted by Crippen LogP contribution is -2.39. The van der Waals surface area contributed by atoms with Gasteiger partial charge >= 0.3 is 0 Å². The maximum absolute atomic E-state index is 12.8. The molecule has 0 bridgehead atoms. The van der Waals surface area contributed by atoms with Crippen molar-refractivity contribution in [1.29, 1.82) is 0 Å². The molecule has 0 spiro atoms. The molecule has 0 aromatic carbocycles. The average Bonchev–Trinajstić information content (AvgIpc) is 3.30. The van der Waals surface area contributed by atoms with Crippen molar-refractivity contribution in [3.8, 4) is 0 Å². The Kier molecular flexibility index (Phi) is 6.31. The van der Waals surface area contributed by atoms with Crippen LogP contribution in [0.2, 0.25) is 0 Å². The van der Waals surface area contributed by atoms with Crippen molar-refractivity contribution in [3.63, 3.8) is 0 Å². The van der Waals surface area contributed by atoms with Crippen LogP contribution in [0.5, 0.6) is 0 Å². The number of piperidine rings is 1. The van der Waals surface area contributed by atoms with Gasteiger partial charge in [0.05, 0.1) is 10.7 Å². The van der Waals surface area contributed by atoms with Crippen LogP contribution in [-0.4, -0.2) is 45.9 Å². The Balaban J connectivity index is 1.57. The van der Waals surface area contributed by atoms with Gasteiger partial charge in [0.25, 0.3) is 5.91 Å². The Hall–Kier alpha value is -2.15. The number of nitrogens with zero attached hydrogens (tertiary/aromatic N) is 3. The normalized spacial score (nSPS) is 17.3. The number of nitrogens with one attached hydrogen (secondary N) is 1. The number of aromatic nitrogens is 2. The summed E-state index contributed by atoms with van der Waals surface area (Å²) < 4.78 is 1.87. The highest BCUT2D eigenvalue weighted by Crippen LogP contribution is 2.30. The molecule has 2 aromatic rings. The summed E-state index contributed by atoms with van der Waals surface area (Å²) in [4.78, 5) is 31.1. The largest absolute Gasteiger partial charge is 0.355 e. The van der Waals surface area contributed by atoms with Crippen molar-refractivity contribution >= 4 is 23.2 Å². The van der Waals surface area contributed by atoms with E-state index in [1.807, 2.05) is 48.7 Å². The summed E-state index contributed by atoms with van der Waals surface area (Å²) >= 11 is 1.67. The van der Waals surface area contributed by atoms with E-state index >= 15 is 0 Å². The first-order valence-corrected chi connectivity index (χ1v) is 10.5. The fraction of sp³-hybridized carbons (Fsp3) is 0.550. The molecule has 7 heteroatoms. The molecule has 1 N–H and O–H groups in total. The number of aryl methyl sites for hydroxylation is 1. The predicted octanol–water partition coefficient (Wildman–Crippen LogP) is 2.82. The summed E-state index contributed by atoms with van der Waals surface area (Å²) in [5.41, 5.74) is 1.75. The standard InChI is InChI=1S/C20H28N4O2S/c1-14(2)18(25)21-9-8-16-13-27-19(22-16)15-6-4-11-24(12-15)20(26)17-7-5-10-23(17)3/h5,7,10,13-15H,4,6,8-9,11-12H2,1-3H3,(H,21,25). The van der Waals surface area contributed by atoms with Gasteiger partial charge in [-0.3, -0.25) is 9.59 Å². The van der Waals surface area contributed by atoms with Crippen molar-refractivity contribution in [3.05, 3.63) is 40.1 Å². The molecule has 0 radical (unpaired) electrons. The van der Waals surface area contributed by atoms with E-state index in [-0.39, 0.29) is 17.7 Å². The fourth-order valence-corrected chi connectivity index (χ4v) is 4.33. The second kappa shape index (κ2) is 8.69. The first kappa shape index (κ1) is 19.6. The van der Waals surface area contributed by atoms with E-state index in [4.69, 9.17) is 4.98 Å². The second-order valence-electron chi connectivity index (χ2n) is 7.47. The SMILES string of the molecule is CC(C)C(=O)NCCc1csc(C2CCCN(C(=O)c3cccn3C)C2)n1. The zero-order valence-corrected chi connectivity index (χ0v) is 17.1. The molecule has 0 saturated carbocycles. The number of rotatable bonds is 6. The van der Waals surface area contributed by atoms with Crippen LogP contribution in [0.3, 0.4) is 0 Å². The molecule has 1 aliphatic rings. The Morgan fingerprint density at radius 1 is 1.41 bits per heavy atom. The molecule has 27 heavy (non-hydrogen) atoms. The van der Waals surface area contributed by atoms with Crippen molar-refractivity contribution in [2.75, 3.05) is 19.6 Å². The average molecular weight is 389 g/mol.